The number of carboxylic acid groups (broad SMARTS) is 1. The first-order valence-corrected chi connectivity index (χ1v) is 7.68. The van der Waals surface area contributed by atoms with Crippen molar-refractivity contribution < 1.29 is 23.1 Å². The van der Waals surface area contributed by atoms with Crippen molar-refractivity contribution >= 4 is 5.97 Å². The minimum absolute atomic E-state index is 0.184. The maximum atomic E-state index is 12.5. The van der Waals surface area contributed by atoms with Crippen LogP contribution >= 0.6 is 0 Å². The molecule has 0 bridgehead atoms. The number of aliphatic carboxylic acids is 1. The molecular weight excluding hydrogens is 321 g/mol. The number of allylic oxidation sites excluding steroid dienone is 2. The Morgan fingerprint density at radius 3 is 2.46 bits per heavy atom. The maximum absolute atomic E-state index is 12.5. The molecule has 2 heterocycles. The monoisotopic (exact) mass is 342 g/mol. The van der Waals surface area contributed by atoms with Crippen molar-refractivity contribution in [1.82, 2.24) is 10.2 Å². The van der Waals surface area contributed by atoms with E-state index in [1.807, 2.05) is 6.92 Å². The fraction of sp³-hybridized carbons (Fsp3) is 0.471. The molecule has 0 aromatic carbocycles. The average molecular weight is 342 g/mol. The lowest BCUT2D eigenvalue weighted by atomic mass is 9.91. The number of hydrogen-bond acceptors (Lipinski definition) is 3. The molecule has 0 atom stereocenters. The zero-order valence-electron chi connectivity index (χ0n) is 13.8. The van der Waals surface area contributed by atoms with E-state index >= 15 is 0 Å². The summed E-state index contributed by atoms with van der Waals surface area (Å²) in [4.78, 5) is 12.7. The van der Waals surface area contributed by atoms with Crippen molar-refractivity contribution in [2.45, 2.75) is 32.9 Å². The highest BCUT2D eigenvalue weighted by molar-refractivity contribution is 5.93. The smallest absolute Gasteiger partial charge is 0.401 e. The molecule has 4 nitrogen and oxygen atoms in total. The second kappa shape index (κ2) is 6.84. The van der Waals surface area contributed by atoms with E-state index in [1.54, 1.807) is 6.92 Å². The Balaban J connectivity index is 2.19. The normalized spacial score (nSPS) is 20.0. The second-order valence-corrected chi connectivity index (χ2v) is 6.13. The molecule has 0 spiro atoms. The Morgan fingerprint density at radius 1 is 1.38 bits per heavy atom. The van der Waals surface area contributed by atoms with Gasteiger partial charge in [0, 0.05) is 24.5 Å². The SMILES string of the molecule is C=C1C=C(C(=O)O)C(C)=C(C(C)=C2CCN(CC(F)(F)F)CC2)N1. The first-order valence-electron chi connectivity index (χ1n) is 7.68. The molecule has 2 N–H and O–H groups in total. The summed E-state index contributed by atoms with van der Waals surface area (Å²) in [6.07, 6.45) is -1.62. The van der Waals surface area contributed by atoms with Gasteiger partial charge in [-0.15, -0.1) is 0 Å². The van der Waals surface area contributed by atoms with Gasteiger partial charge in [0.15, 0.2) is 0 Å². The summed E-state index contributed by atoms with van der Waals surface area (Å²) in [5.74, 6) is -1.02. The summed E-state index contributed by atoms with van der Waals surface area (Å²) in [5, 5.41) is 12.4. The van der Waals surface area contributed by atoms with Gasteiger partial charge in [-0.1, -0.05) is 12.2 Å². The van der Waals surface area contributed by atoms with Crippen molar-refractivity contribution in [1.29, 1.82) is 0 Å². The van der Waals surface area contributed by atoms with Crippen LogP contribution in [-0.4, -0.2) is 41.8 Å². The van der Waals surface area contributed by atoms with Crippen molar-refractivity contribution in [2.75, 3.05) is 19.6 Å². The highest BCUT2D eigenvalue weighted by atomic mass is 19.4. The molecule has 0 aromatic rings. The quantitative estimate of drug-likeness (QED) is 0.826. The van der Waals surface area contributed by atoms with E-state index in [9.17, 15) is 23.1 Å². The molecule has 132 valence electrons. The van der Waals surface area contributed by atoms with E-state index in [0.717, 1.165) is 11.1 Å². The molecule has 2 rings (SSSR count). The molecule has 0 aromatic heterocycles. The first kappa shape index (κ1) is 18.3. The standard InChI is InChI=1S/C17H21F3N2O2/c1-10-8-14(16(23)24)12(3)15(21-10)11(2)13-4-6-22(7-5-13)9-17(18,19)20/h8,21H,1,4-7,9H2,2-3H3,(H,23,24). The highest BCUT2D eigenvalue weighted by Crippen LogP contribution is 2.30. The molecule has 0 amide bonds. The Kier molecular flexibility index (Phi) is 5.22. The Labute approximate surface area is 139 Å². The molecule has 0 unspecified atom stereocenters. The van der Waals surface area contributed by atoms with Gasteiger partial charge in [-0.25, -0.2) is 4.79 Å². The van der Waals surface area contributed by atoms with Gasteiger partial charge < -0.3 is 10.4 Å². The van der Waals surface area contributed by atoms with Crippen molar-refractivity contribution in [3.05, 3.63) is 46.3 Å². The minimum Gasteiger partial charge on any atom is -0.478 e. The molecule has 2 aliphatic rings. The van der Waals surface area contributed by atoms with Crippen LogP contribution in [-0.2, 0) is 4.79 Å². The molecule has 0 saturated carbocycles. The number of nitrogens with one attached hydrogen (secondary N) is 1. The number of piperidine rings is 1. The Bertz CT molecular complexity index is 647. The molecule has 7 heteroatoms. The highest BCUT2D eigenvalue weighted by Gasteiger charge is 2.32. The van der Waals surface area contributed by atoms with Crippen molar-refractivity contribution in [3.63, 3.8) is 0 Å². The van der Waals surface area contributed by atoms with Crippen LogP contribution in [0.5, 0.6) is 0 Å². The molecule has 24 heavy (non-hydrogen) atoms. The van der Waals surface area contributed by atoms with Gasteiger partial charge in [-0.05, 0) is 43.9 Å². The first-order chi connectivity index (χ1) is 11.1. The third-order valence-corrected chi connectivity index (χ3v) is 4.38. The molecule has 1 fully saturated rings. The van der Waals surface area contributed by atoms with Gasteiger partial charge in [-0.3, -0.25) is 4.90 Å². The predicted octanol–water partition coefficient (Wildman–Crippen LogP) is 3.36. The predicted molar refractivity (Wildman–Crippen MR) is 85.1 cm³/mol. The average Bonchev–Trinajstić information content (AvgIpc) is 2.47. The summed E-state index contributed by atoms with van der Waals surface area (Å²) >= 11 is 0. The van der Waals surface area contributed by atoms with Crippen LogP contribution in [0.15, 0.2) is 46.3 Å². The minimum atomic E-state index is -4.18. The number of nitrogens with zero attached hydrogens (tertiary/aromatic N) is 1. The number of hydrogen-bond donors (Lipinski definition) is 2. The lowest BCUT2D eigenvalue weighted by Gasteiger charge is -2.31. The van der Waals surface area contributed by atoms with E-state index in [0.29, 0.717) is 42.9 Å². The van der Waals surface area contributed by atoms with Crippen LogP contribution in [0.1, 0.15) is 26.7 Å². The second-order valence-electron chi connectivity index (χ2n) is 6.13. The van der Waals surface area contributed by atoms with E-state index < -0.39 is 18.7 Å². The summed E-state index contributed by atoms with van der Waals surface area (Å²) in [6, 6.07) is 0. The number of halogens is 3. The summed E-state index contributed by atoms with van der Waals surface area (Å²) in [5.41, 5.74) is 3.92. The summed E-state index contributed by atoms with van der Waals surface area (Å²) < 4.78 is 37.4. The third kappa shape index (κ3) is 4.29. The van der Waals surface area contributed by atoms with Crippen LogP contribution in [0, 0.1) is 0 Å². The Morgan fingerprint density at radius 2 is 1.96 bits per heavy atom. The van der Waals surface area contributed by atoms with E-state index in [-0.39, 0.29) is 5.57 Å². The van der Waals surface area contributed by atoms with Gasteiger partial charge in [-0.2, -0.15) is 13.2 Å². The zero-order chi connectivity index (χ0) is 18.1. The van der Waals surface area contributed by atoms with Crippen LogP contribution < -0.4 is 5.32 Å². The van der Waals surface area contributed by atoms with Gasteiger partial charge in [0.2, 0.25) is 0 Å². The number of alkyl halides is 3. The van der Waals surface area contributed by atoms with Gasteiger partial charge in [0.05, 0.1) is 12.1 Å². The van der Waals surface area contributed by atoms with E-state index in [4.69, 9.17) is 0 Å². The molecule has 2 aliphatic heterocycles. The number of rotatable bonds is 3. The fourth-order valence-corrected chi connectivity index (χ4v) is 3.09. The van der Waals surface area contributed by atoms with Gasteiger partial charge in [0.1, 0.15) is 0 Å². The summed E-state index contributed by atoms with van der Waals surface area (Å²) in [6.45, 7) is 7.17. The van der Waals surface area contributed by atoms with Gasteiger partial charge >= 0.3 is 12.1 Å². The number of likely N-dealkylation sites (tertiary alicyclic amines) is 1. The molecule has 1 saturated heterocycles. The lowest BCUT2D eigenvalue weighted by molar-refractivity contribution is -0.146. The van der Waals surface area contributed by atoms with Crippen LogP contribution in [0.4, 0.5) is 13.2 Å². The zero-order valence-corrected chi connectivity index (χ0v) is 13.8. The van der Waals surface area contributed by atoms with Crippen molar-refractivity contribution in [3.8, 4) is 0 Å². The third-order valence-electron chi connectivity index (χ3n) is 4.38. The molecule has 0 radical (unpaired) electrons. The molecule has 0 aliphatic carbocycles. The number of dihydropyridines is 1. The largest absolute Gasteiger partial charge is 0.478 e. The van der Waals surface area contributed by atoms with Crippen LogP contribution in [0.3, 0.4) is 0 Å². The van der Waals surface area contributed by atoms with Crippen molar-refractivity contribution in [2.24, 2.45) is 0 Å². The fourth-order valence-electron chi connectivity index (χ4n) is 3.09. The number of carbonyl (C=O) groups is 1. The lowest BCUT2D eigenvalue weighted by Crippen LogP contribution is -2.38. The summed E-state index contributed by atoms with van der Waals surface area (Å²) in [7, 11) is 0. The number of carboxylic acids is 1. The van der Waals surface area contributed by atoms with E-state index in [2.05, 4.69) is 11.9 Å². The molecular formula is C17H21F3N2O2. The van der Waals surface area contributed by atoms with Crippen LogP contribution in [0.25, 0.3) is 0 Å². The van der Waals surface area contributed by atoms with E-state index in [1.165, 1.54) is 11.0 Å². The topological polar surface area (TPSA) is 52.6 Å². The van der Waals surface area contributed by atoms with Gasteiger partial charge in [0.25, 0.3) is 0 Å². The maximum Gasteiger partial charge on any atom is 0.401 e. The Hall–Kier alpha value is -2.02. The van der Waals surface area contributed by atoms with Crippen LogP contribution in [0.2, 0.25) is 0 Å².